The summed E-state index contributed by atoms with van der Waals surface area (Å²) in [6.45, 7) is 4.06. The van der Waals surface area contributed by atoms with Crippen molar-refractivity contribution in [1.82, 2.24) is 0 Å². The van der Waals surface area contributed by atoms with E-state index in [2.05, 4.69) is 11.7 Å². The van der Waals surface area contributed by atoms with Gasteiger partial charge in [-0.25, -0.2) is 0 Å². The van der Waals surface area contributed by atoms with Crippen LogP contribution in [0.2, 0.25) is 0 Å². The first-order valence-electron chi connectivity index (χ1n) is 7.23. The first-order valence-corrected chi connectivity index (χ1v) is 7.23. The Bertz CT molecular complexity index is 438. The third-order valence-electron chi connectivity index (χ3n) is 3.39. The topological polar surface area (TPSA) is 26.3 Å². The van der Waals surface area contributed by atoms with E-state index in [0.29, 0.717) is 5.56 Å². The molecule has 0 amide bonds. The number of ketones is 1. The van der Waals surface area contributed by atoms with E-state index < -0.39 is 6.36 Å². The smallest absolute Gasteiger partial charge is 0.406 e. The average Bonchev–Trinajstić information content (AvgIpc) is 2.40. The Morgan fingerprint density at radius 1 is 1.19 bits per heavy atom. The summed E-state index contributed by atoms with van der Waals surface area (Å²) in [5.74, 6) is -0.0804. The quantitative estimate of drug-likeness (QED) is 0.682. The summed E-state index contributed by atoms with van der Waals surface area (Å²) in [4.78, 5) is 12.2. The summed E-state index contributed by atoms with van der Waals surface area (Å²) >= 11 is 0. The first kappa shape index (κ1) is 17.5. The maximum atomic E-state index is 12.2. The molecule has 5 heteroatoms. The molecule has 1 unspecified atom stereocenters. The number of alkyl halides is 3. The number of Topliss-reactive ketones (excluding diaryl/α,β-unsaturated/α-hetero) is 1. The second-order valence-corrected chi connectivity index (χ2v) is 5.08. The molecular weight excluding hydrogens is 281 g/mol. The van der Waals surface area contributed by atoms with Crippen molar-refractivity contribution in [3.8, 4) is 5.75 Å². The molecule has 0 aromatic heterocycles. The largest absolute Gasteiger partial charge is 0.573 e. The molecule has 0 radical (unpaired) electrons. The molecule has 21 heavy (non-hydrogen) atoms. The lowest BCUT2D eigenvalue weighted by Crippen LogP contribution is -2.17. The molecule has 2 nitrogen and oxygen atoms in total. The highest BCUT2D eigenvalue weighted by atomic mass is 19.4. The Balaban J connectivity index is 2.60. The maximum Gasteiger partial charge on any atom is 0.573 e. The number of halogens is 3. The summed E-state index contributed by atoms with van der Waals surface area (Å²) < 4.78 is 39.9. The first-order chi connectivity index (χ1) is 9.85. The zero-order valence-electron chi connectivity index (χ0n) is 12.4. The van der Waals surface area contributed by atoms with Gasteiger partial charge in [0.25, 0.3) is 0 Å². The number of carbonyl (C=O) groups is 1. The summed E-state index contributed by atoms with van der Waals surface area (Å²) in [7, 11) is 0. The van der Waals surface area contributed by atoms with Crippen molar-refractivity contribution in [2.45, 2.75) is 52.3 Å². The van der Waals surface area contributed by atoms with Crippen molar-refractivity contribution in [3.63, 3.8) is 0 Å². The summed E-state index contributed by atoms with van der Waals surface area (Å²) in [5.41, 5.74) is 0.712. The average molecular weight is 302 g/mol. The molecule has 0 heterocycles. The van der Waals surface area contributed by atoms with Crippen LogP contribution in [0.3, 0.4) is 0 Å². The fourth-order valence-corrected chi connectivity index (χ4v) is 2.20. The number of hydrogen-bond donors (Lipinski definition) is 0. The van der Waals surface area contributed by atoms with Crippen LogP contribution in [-0.2, 0) is 11.2 Å². The fraction of sp³-hybridized carbons (Fsp3) is 0.562. The Morgan fingerprint density at radius 3 is 2.29 bits per heavy atom. The van der Waals surface area contributed by atoms with Crippen molar-refractivity contribution in [3.05, 3.63) is 29.8 Å². The van der Waals surface area contributed by atoms with E-state index in [-0.39, 0.29) is 23.9 Å². The minimum absolute atomic E-state index is 0.0380. The minimum atomic E-state index is -4.69. The third-order valence-corrected chi connectivity index (χ3v) is 3.39. The van der Waals surface area contributed by atoms with E-state index in [9.17, 15) is 18.0 Å². The summed E-state index contributed by atoms with van der Waals surface area (Å²) in [6.07, 6.45) is -0.690. The monoisotopic (exact) mass is 302 g/mol. The predicted molar refractivity (Wildman–Crippen MR) is 75.1 cm³/mol. The highest BCUT2D eigenvalue weighted by molar-refractivity contribution is 5.83. The van der Waals surface area contributed by atoms with Crippen molar-refractivity contribution >= 4 is 5.78 Å². The normalized spacial score (nSPS) is 13.0. The van der Waals surface area contributed by atoms with E-state index in [1.165, 1.54) is 24.3 Å². The lowest BCUT2D eigenvalue weighted by atomic mass is 9.91. The molecule has 0 saturated heterocycles. The van der Waals surface area contributed by atoms with Gasteiger partial charge in [-0.05, 0) is 30.5 Å². The third kappa shape index (κ3) is 6.65. The molecule has 0 aliphatic rings. The molecule has 0 aliphatic heterocycles. The second kappa shape index (κ2) is 8.05. The lowest BCUT2D eigenvalue weighted by Gasteiger charge is -2.13. The standard InChI is InChI=1S/C16H21F3O2/c1-3-5-6-13(4-2)15(20)11-12-7-9-14(10-8-12)21-16(17,18)19/h7-10,13H,3-6,11H2,1-2H3. The predicted octanol–water partition coefficient (Wildman–Crippen LogP) is 4.91. The van der Waals surface area contributed by atoms with E-state index in [1.807, 2.05) is 6.92 Å². The zero-order valence-corrected chi connectivity index (χ0v) is 12.4. The minimum Gasteiger partial charge on any atom is -0.406 e. The molecule has 1 aromatic rings. The van der Waals surface area contributed by atoms with Crippen LogP contribution in [0.15, 0.2) is 24.3 Å². The van der Waals surface area contributed by atoms with Gasteiger partial charge in [0.05, 0.1) is 0 Å². The number of benzene rings is 1. The van der Waals surface area contributed by atoms with Gasteiger partial charge in [0.15, 0.2) is 0 Å². The zero-order chi connectivity index (χ0) is 15.9. The highest BCUT2D eigenvalue weighted by Crippen LogP contribution is 2.23. The van der Waals surface area contributed by atoms with Gasteiger partial charge in [-0.1, -0.05) is 38.8 Å². The van der Waals surface area contributed by atoms with Gasteiger partial charge >= 0.3 is 6.36 Å². The van der Waals surface area contributed by atoms with Gasteiger partial charge in [0.2, 0.25) is 0 Å². The SMILES string of the molecule is CCCCC(CC)C(=O)Cc1ccc(OC(F)(F)F)cc1. The van der Waals surface area contributed by atoms with Crippen LogP contribution >= 0.6 is 0 Å². The molecular formula is C16H21F3O2. The molecule has 0 aliphatic carbocycles. The summed E-state index contributed by atoms with van der Waals surface area (Å²) in [6, 6.07) is 5.49. The molecule has 1 aromatic carbocycles. The van der Waals surface area contributed by atoms with Gasteiger partial charge < -0.3 is 4.74 Å². The van der Waals surface area contributed by atoms with Crippen LogP contribution < -0.4 is 4.74 Å². The van der Waals surface area contributed by atoms with Crippen LogP contribution in [0, 0.1) is 5.92 Å². The maximum absolute atomic E-state index is 12.2. The van der Waals surface area contributed by atoms with Crippen molar-refractivity contribution in [2.75, 3.05) is 0 Å². The van der Waals surface area contributed by atoms with Crippen molar-refractivity contribution in [1.29, 1.82) is 0 Å². The number of rotatable bonds is 8. The molecule has 1 atom stereocenters. The number of ether oxygens (including phenoxy) is 1. The van der Waals surface area contributed by atoms with E-state index in [1.54, 1.807) is 0 Å². The Labute approximate surface area is 123 Å². The van der Waals surface area contributed by atoms with Gasteiger partial charge in [0, 0.05) is 12.3 Å². The van der Waals surface area contributed by atoms with Gasteiger partial charge in [-0.15, -0.1) is 13.2 Å². The molecule has 0 saturated carbocycles. The van der Waals surface area contributed by atoms with Crippen LogP contribution in [0.25, 0.3) is 0 Å². The molecule has 1 rings (SSSR count). The Hall–Kier alpha value is -1.52. The lowest BCUT2D eigenvalue weighted by molar-refractivity contribution is -0.274. The Kier molecular flexibility index (Phi) is 6.72. The Morgan fingerprint density at radius 2 is 1.81 bits per heavy atom. The number of hydrogen-bond acceptors (Lipinski definition) is 2. The van der Waals surface area contributed by atoms with Crippen molar-refractivity contribution < 1.29 is 22.7 Å². The van der Waals surface area contributed by atoms with Crippen LogP contribution in [-0.4, -0.2) is 12.1 Å². The molecule has 118 valence electrons. The van der Waals surface area contributed by atoms with Crippen LogP contribution in [0.4, 0.5) is 13.2 Å². The molecule has 0 fully saturated rings. The molecule has 0 N–H and O–H groups in total. The van der Waals surface area contributed by atoms with Gasteiger partial charge in [-0.3, -0.25) is 4.79 Å². The van der Waals surface area contributed by atoms with Crippen LogP contribution in [0.5, 0.6) is 5.75 Å². The fourth-order valence-electron chi connectivity index (χ4n) is 2.20. The highest BCUT2D eigenvalue weighted by Gasteiger charge is 2.31. The summed E-state index contributed by atoms with van der Waals surface area (Å²) in [5, 5.41) is 0. The van der Waals surface area contributed by atoms with Gasteiger partial charge in [0.1, 0.15) is 11.5 Å². The number of carbonyl (C=O) groups excluding carboxylic acids is 1. The second-order valence-electron chi connectivity index (χ2n) is 5.08. The van der Waals surface area contributed by atoms with Crippen molar-refractivity contribution in [2.24, 2.45) is 5.92 Å². The van der Waals surface area contributed by atoms with Gasteiger partial charge in [-0.2, -0.15) is 0 Å². The molecule has 0 spiro atoms. The van der Waals surface area contributed by atoms with E-state index in [4.69, 9.17) is 0 Å². The molecule has 0 bridgehead atoms. The van der Waals surface area contributed by atoms with Crippen LogP contribution in [0.1, 0.15) is 45.1 Å². The van der Waals surface area contributed by atoms with E-state index >= 15 is 0 Å². The van der Waals surface area contributed by atoms with E-state index in [0.717, 1.165) is 25.7 Å². The number of unbranched alkanes of at least 4 members (excludes halogenated alkanes) is 1.